The molecule has 0 spiro atoms. The zero-order chi connectivity index (χ0) is 36.0. The number of nitrogens with zero attached hydrogens (tertiary/aromatic N) is 1. The number of nitrogens with one attached hydrogen (secondary N) is 1. The molecule has 6 saturated carbocycles. The highest BCUT2D eigenvalue weighted by molar-refractivity contribution is 5.81. The Balaban J connectivity index is 1.09. The van der Waals surface area contributed by atoms with Crippen molar-refractivity contribution in [1.29, 1.82) is 0 Å². The van der Waals surface area contributed by atoms with Crippen molar-refractivity contribution in [3.05, 3.63) is 0 Å². The molecule has 50 heavy (non-hydrogen) atoms. The highest BCUT2D eigenvalue weighted by atomic mass is 16.5. The fourth-order valence-corrected chi connectivity index (χ4v) is 15.0. The van der Waals surface area contributed by atoms with Gasteiger partial charge in [-0.25, -0.2) is 0 Å². The number of hydrogen-bond acceptors (Lipinski definition) is 5. The Morgan fingerprint density at radius 3 is 2.18 bits per heavy atom. The Morgan fingerprint density at radius 1 is 0.780 bits per heavy atom. The molecule has 7 rings (SSSR count). The van der Waals surface area contributed by atoms with Crippen molar-refractivity contribution < 1.29 is 19.4 Å². The summed E-state index contributed by atoms with van der Waals surface area (Å²) in [6, 6.07) is 0. The summed E-state index contributed by atoms with van der Waals surface area (Å²) in [5.74, 6) is 2.56. The smallest absolute Gasteiger partial charge is 0.309 e. The van der Waals surface area contributed by atoms with Gasteiger partial charge in [0.05, 0.1) is 11.8 Å². The summed E-state index contributed by atoms with van der Waals surface area (Å²) in [6.45, 7) is 25.0. The number of carbonyl (C=O) groups excluding carboxylic acids is 1. The van der Waals surface area contributed by atoms with Crippen molar-refractivity contribution >= 4 is 11.9 Å². The second-order valence-electron chi connectivity index (χ2n) is 21.6. The molecule has 2 N–H and O–H groups in total. The summed E-state index contributed by atoms with van der Waals surface area (Å²) in [6.07, 6.45) is 19.9. The maximum absolute atomic E-state index is 13.1. The predicted molar refractivity (Wildman–Crippen MR) is 201 cm³/mol. The zero-order valence-corrected chi connectivity index (χ0v) is 33.4. The summed E-state index contributed by atoms with van der Waals surface area (Å²) in [5, 5.41) is 13.6. The quantitative estimate of drug-likeness (QED) is 0.166. The van der Waals surface area contributed by atoms with Crippen LogP contribution in [0.25, 0.3) is 0 Å². The Labute approximate surface area is 305 Å². The Morgan fingerprint density at radius 2 is 1.50 bits per heavy atom. The number of ether oxygens (including phenoxy) is 1. The van der Waals surface area contributed by atoms with Gasteiger partial charge in [0.2, 0.25) is 0 Å². The van der Waals surface area contributed by atoms with Crippen LogP contribution in [-0.4, -0.2) is 60.8 Å². The molecule has 7 aliphatic rings. The first-order valence-electron chi connectivity index (χ1n) is 21.3. The van der Waals surface area contributed by atoms with E-state index in [-0.39, 0.29) is 29.3 Å². The molecular formula is C44H74N2O4. The van der Waals surface area contributed by atoms with Crippen LogP contribution in [0.15, 0.2) is 0 Å². The molecule has 7 fully saturated rings. The molecular weight excluding hydrogens is 620 g/mol. The highest BCUT2D eigenvalue weighted by Crippen LogP contribution is 2.79. The van der Waals surface area contributed by atoms with E-state index in [1.165, 1.54) is 110 Å². The molecule has 0 radical (unpaired) electrons. The van der Waals surface area contributed by atoms with Gasteiger partial charge in [0, 0.05) is 18.5 Å². The van der Waals surface area contributed by atoms with Crippen molar-refractivity contribution in [3.63, 3.8) is 0 Å². The SMILES string of the molecule is CC(C)(CC(=O)O[C@H]1CC[C@]2(C)[C@H]3CC[C@@H]4[C@H]5[C@H](C6(C)CC6)CC[C@]5(CCNCCN5CCCC5)CC[C@@]4(C)[C@]3(C)CC[C@H]2C1(C)C)C(=O)O. The molecule has 284 valence electrons. The molecule has 0 aromatic heterocycles. The van der Waals surface area contributed by atoms with Crippen LogP contribution in [0.4, 0.5) is 0 Å². The first-order chi connectivity index (χ1) is 23.4. The van der Waals surface area contributed by atoms with E-state index in [9.17, 15) is 14.7 Å². The van der Waals surface area contributed by atoms with Gasteiger partial charge in [0.1, 0.15) is 6.10 Å². The number of carboxylic acids is 1. The normalized spacial score (nSPS) is 44.8. The fourth-order valence-electron chi connectivity index (χ4n) is 15.0. The van der Waals surface area contributed by atoms with Gasteiger partial charge in [-0.1, -0.05) is 41.5 Å². The molecule has 0 bridgehead atoms. The van der Waals surface area contributed by atoms with Gasteiger partial charge in [0.25, 0.3) is 0 Å². The van der Waals surface area contributed by atoms with Crippen LogP contribution >= 0.6 is 0 Å². The first-order valence-corrected chi connectivity index (χ1v) is 21.3. The van der Waals surface area contributed by atoms with Crippen molar-refractivity contribution in [2.75, 3.05) is 32.7 Å². The molecule has 1 aliphatic heterocycles. The third-order valence-corrected chi connectivity index (χ3v) is 18.5. The first kappa shape index (κ1) is 37.2. The van der Waals surface area contributed by atoms with E-state index in [1.54, 1.807) is 13.8 Å². The molecule has 10 atom stereocenters. The van der Waals surface area contributed by atoms with Crippen LogP contribution in [0.3, 0.4) is 0 Å². The molecule has 0 aromatic carbocycles. The van der Waals surface area contributed by atoms with Gasteiger partial charge in [-0.15, -0.1) is 0 Å². The number of esters is 1. The number of fused-ring (bicyclic) bond motifs is 7. The molecule has 1 heterocycles. The third kappa shape index (κ3) is 5.84. The molecule has 0 aromatic rings. The van der Waals surface area contributed by atoms with Crippen molar-refractivity contribution in [1.82, 2.24) is 10.2 Å². The van der Waals surface area contributed by atoms with E-state index in [0.29, 0.717) is 33.5 Å². The summed E-state index contributed by atoms with van der Waals surface area (Å²) >= 11 is 0. The maximum atomic E-state index is 13.1. The van der Waals surface area contributed by atoms with Crippen molar-refractivity contribution in [2.24, 2.45) is 67.5 Å². The van der Waals surface area contributed by atoms with E-state index in [2.05, 4.69) is 51.8 Å². The van der Waals surface area contributed by atoms with E-state index in [0.717, 1.165) is 37.1 Å². The van der Waals surface area contributed by atoms with E-state index in [1.807, 2.05) is 0 Å². The maximum Gasteiger partial charge on any atom is 0.309 e. The Hall–Kier alpha value is -1.14. The average molecular weight is 695 g/mol. The van der Waals surface area contributed by atoms with Crippen LogP contribution in [0, 0.1) is 67.5 Å². The lowest BCUT2D eigenvalue weighted by atomic mass is 9.32. The second-order valence-corrected chi connectivity index (χ2v) is 21.6. The van der Waals surface area contributed by atoms with Gasteiger partial charge < -0.3 is 20.1 Å². The standard InChI is InChI=1S/C44H74N2O4/c1-38(2,37(48)49)29-35(47)50-34-15-16-41(6)32(39(34,3)4)14-17-43(8)33(41)12-11-31-36-30(40(5)19-20-40)13-18-44(36,22-21-42(31,43)7)23-24-45-25-28-46-26-9-10-27-46/h30-34,36,45H,9-29H2,1-8H3,(H,48,49)/t30-,31-,32+,33-,34+,36-,41+,42-,43-,44-/m1/s1. The van der Waals surface area contributed by atoms with E-state index >= 15 is 0 Å². The highest BCUT2D eigenvalue weighted by Gasteiger charge is 2.72. The summed E-state index contributed by atoms with van der Waals surface area (Å²) in [7, 11) is 0. The lowest BCUT2D eigenvalue weighted by molar-refractivity contribution is -0.252. The number of aliphatic carboxylic acids is 1. The van der Waals surface area contributed by atoms with Crippen LogP contribution in [-0.2, 0) is 14.3 Å². The lowest BCUT2D eigenvalue weighted by Gasteiger charge is -2.73. The third-order valence-electron chi connectivity index (χ3n) is 18.5. The predicted octanol–water partition coefficient (Wildman–Crippen LogP) is 9.36. The molecule has 0 unspecified atom stereocenters. The van der Waals surface area contributed by atoms with Gasteiger partial charge in [-0.3, -0.25) is 9.59 Å². The zero-order valence-electron chi connectivity index (χ0n) is 33.4. The number of carboxylic acid groups (broad SMARTS) is 1. The van der Waals surface area contributed by atoms with Gasteiger partial charge in [0.15, 0.2) is 0 Å². The Bertz CT molecular complexity index is 1300. The summed E-state index contributed by atoms with van der Waals surface area (Å²) in [5.41, 5.74) is 0.838. The number of carbonyl (C=O) groups is 2. The van der Waals surface area contributed by atoms with Gasteiger partial charge >= 0.3 is 11.9 Å². The van der Waals surface area contributed by atoms with Crippen molar-refractivity contribution in [2.45, 2.75) is 164 Å². The monoisotopic (exact) mass is 695 g/mol. The molecule has 0 amide bonds. The molecule has 1 saturated heterocycles. The fraction of sp³-hybridized carbons (Fsp3) is 0.955. The largest absolute Gasteiger partial charge is 0.481 e. The van der Waals surface area contributed by atoms with Crippen LogP contribution in [0.5, 0.6) is 0 Å². The van der Waals surface area contributed by atoms with Crippen LogP contribution in [0.1, 0.15) is 158 Å². The summed E-state index contributed by atoms with van der Waals surface area (Å²) < 4.78 is 6.22. The van der Waals surface area contributed by atoms with Gasteiger partial charge in [-0.05, 0) is 186 Å². The minimum Gasteiger partial charge on any atom is -0.481 e. The number of likely N-dealkylation sites (tertiary alicyclic amines) is 1. The topological polar surface area (TPSA) is 78.9 Å². The number of hydrogen-bond donors (Lipinski definition) is 2. The Kier molecular flexibility index (Phi) is 9.47. The minimum atomic E-state index is -1.11. The average Bonchev–Trinajstić information content (AvgIpc) is 3.40. The molecule has 6 nitrogen and oxygen atoms in total. The molecule has 6 heteroatoms. The second kappa shape index (κ2) is 12.7. The van der Waals surface area contributed by atoms with E-state index < -0.39 is 11.4 Å². The lowest BCUT2D eigenvalue weighted by Crippen LogP contribution is -2.67. The van der Waals surface area contributed by atoms with Gasteiger partial charge in [-0.2, -0.15) is 0 Å². The van der Waals surface area contributed by atoms with E-state index in [4.69, 9.17) is 4.74 Å². The number of rotatable bonds is 11. The molecule has 6 aliphatic carbocycles. The van der Waals surface area contributed by atoms with Crippen molar-refractivity contribution in [3.8, 4) is 0 Å². The van der Waals surface area contributed by atoms with Crippen LogP contribution in [0.2, 0.25) is 0 Å². The minimum absolute atomic E-state index is 0.0748. The summed E-state index contributed by atoms with van der Waals surface area (Å²) in [4.78, 5) is 27.5. The van der Waals surface area contributed by atoms with Crippen LogP contribution < -0.4 is 5.32 Å².